The molecule has 0 spiro atoms. The van der Waals surface area contributed by atoms with Gasteiger partial charge in [0.2, 0.25) is 5.89 Å². The molecule has 7 heteroatoms. The minimum Gasteiger partial charge on any atom is -0.411 e. The molecule has 0 aliphatic heterocycles. The maximum Gasteiger partial charge on any atom is 0.277 e. The lowest BCUT2D eigenvalue weighted by molar-refractivity contribution is 0.466. The van der Waals surface area contributed by atoms with E-state index in [0.717, 1.165) is 26.3 Å². The molecule has 0 atom stereocenters. The van der Waals surface area contributed by atoms with E-state index in [2.05, 4.69) is 37.2 Å². The van der Waals surface area contributed by atoms with E-state index in [-0.39, 0.29) is 0 Å². The summed E-state index contributed by atoms with van der Waals surface area (Å²) in [6, 6.07) is 15.9. The molecule has 2 heterocycles. The largest absolute Gasteiger partial charge is 0.411 e. The van der Waals surface area contributed by atoms with Crippen molar-refractivity contribution in [1.29, 1.82) is 0 Å². The molecule has 2 aromatic heterocycles. The smallest absolute Gasteiger partial charge is 0.277 e. The number of rotatable bonds is 4. The Morgan fingerprint density at radius 1 is 1.09 bits per heavy atom. The van der Waals surface area contributed by atoms with E-state index < -0.39 is 0 Å². The van der Waals surface area contributed by atoms with Crippen molar-refractivity contribution in [1.82, 2.24) is 15.2 Å². The van der Waals surface area contributed by atoms with Gasteiger partial charge >= 0.3 is 0 Å². The number of hydrogen-bond acceptors (Lipinski definition) is 6. The highest BCUT2D eigenvalue weighted by atomic mass is 79.9. The van der Waals surface area contributed by atoms with Gasteiger partial charge in [-0.3, -0.25) is 0 Å². The highest BCUT2D eigenvalue weighted by Crippen LogP contribution is 2.30. The molecule has 4 rings (SSSR count). The molecule has 0 N–H and O–H groups in total. The van der Waals surface area contributed by atoms with E-state index in [4.69, 9.17) is 4.42 Å². The molecular weight excluding hydrogens is 394 g/mol. The molecule has 4 aromatic rings. The third-order valence-electron chi connectivity index (χ3n) is 3.14. The fourth-order valence-corrected chi connectivity index (χ4v) is 4.23. The molecule has 0 fully saturated rings. The first-order valence-electron chi connectivity index (χ1n) is 6.84. The zero-order valence-corrected chi connectivity index (χ0v) is 15.0. The summed E-state index contributed by atoms with van der Waals surface area (Å²) in [5.74, 6) is 1.25. The molecule has 0 aliphatic rings. The van der Waals surface area contributed by atoms with Crippen LogP contribution in [0.25, 0.3) is 21.7 Å². The first kappa shape index (κ1) is 14.9. The van der Waals surface area contributed by atoms with Crippen LogP contribution in [-0.2, 0) is 5.75 Å². The third-order valence-corrected chi connectivity index (χ3v) is 5.68. The lowest BCUT2D eigenvalue weighted by Crippen LogP contribution is -1.78. The lowest BCUT2D eigenvalue weighted by Gasteiger charge is -1.95. The van der Waals surface area contributed by atoms with Gasteiger partial charge in [-0.1, -0.05) is 45.9 Å². The summed E-state index contributed by atoms with van der Waals surface area (Å²) in [6.07, 6.45) is 0. The number of thioether (sulfide) groups is 1. The summed E-state index contributed by atoms with van der Waals surface area (Å²) in [7, 11) is 0. The van der Waals surface area contributed by atoms with Crippen LogP contribution in [0.2, 0.25) is 0 Å². The minimum atomic E-state index is 0.526. The summed E-state index contributed by atoms with van der Waals surface area (Å²) in [4.78, 5) is 4.61. The van der Waals surface area contributed by atoms with Gasteiger partial charge in [-0.2, -0.15) is 0 Å². The summed E-state index contributed by atoms with van der Waals surface area (Å²) >= 11 is 6.64. The first-order chi connectivity index (χ1) is 11.3. The number of para-hydroxylation sites is 1. The van der Waals surface area contributed by atoms with Crippen molar-refractivity contribution in [2.24, 2.45) is 0 Å². The second-order valence-electron chi connectivity index (χ2n) is 4.75. The van der Waals surface area contributed by atoms with Crippen LogP contribution in [0.1, 0.15) is 5.01 Å². The highest BCUT2D eigenvalue weighted by Gasteiger charge is 2.11. The topological polar surface area (TPSA) is 51.8 Å². The van der Waals surface area contributed by atoms with Gasteiger partial charge in [-0.05, 0) is 30.3 Å². The number of benzene rings is 2. The Kier molecular flexibility index (Phi) is 4.15. The monoisotopic (exact) mass is 403 g/mol. The van der Waals surface area contributed by atoms with Crippen LogP contribution in [0.5, 0.6) is 0 Å². The predicted octanol–water partition coefficient (Wildman–Crippen LogP) is 5.40. The number of halogens is 1. The molecule has 0 unspecified atom stereocenters. The fraction of sp³-hybridized carbons (Fsp3) is 0.0625. The number of hydrogen-bond donors (Lipinski definition) is 0. The Bertz CT molecular complexity index is 934. The highest BCUT2D eigenvalue weighted by molar-refractivity contribution is 9.10. The van der Waals surface area contributed by atoms with Gasteiger partial charge in [-0.25, -0.2) is 4.98 Å². The first-order valence-corrected chi connectivity index (χ1v) is 9.44. The zero-order valence-electron chi connectivity index (χ0n) is 11.8. The second-order valence-corrected chi connectivity index (χ2v) is 7.70. The van der Waals surface area contributed by atoms with Crippen LogP contribution in [0.4, 0.5) is 0 Å². The van der Waals surface area contributed by atoms with Crippen molar-refractivity contribution in [3.63, 3.8) is 0 Å². The summed E-state index contributed by atoms with van der Waals surface area (Å²) in [6.45, 7) is 0. The SMILES string of the molecule is Brc1cccc(-c2nnc(SCc3nc4ccccc4s3)o2)c1. The third kappa shape index (κ3) is 3.31. The average molecular weight is 404 g/mol. The summed E-state index contributed by atoms with van der Waals surface area (Å²) < 4.78 is 7.90. The molecule has 23 heavy (non-hydrogen) atoms. The standard InChI is InChI=1S/C16H10BrN3OS2/c17-11-5-3-4-10(8-11)15-19-20-16(21-15)22-9-14-18-12-6-1-2-7-13(12)23-14/h1-8H,9H2. The van der Waals surface area contributed by atoms with Crippen LogP contribution >= 0.6 is 39.0 Å². The molecule has 0 saturated heterocycles. The molecule has 4 nitrogen and oxygen atoms in total. The van der Waals surface area contributed by atoms with Gasteiger partial charge in [0.1, 0.15) is 5.01 Å². The molecule has 0 saturated carbocycles. The van der Waals surface area contributed by atoms with Crippen LogP contribution in [0.3, 0.4) is 0 Å². The van der Waals surface area contributed by atoms with Crippen molar-refractivity contribution >= 4 is 49.2 Å². The van der Waals surface area contributed by atoms with Crippen LogP contribution in [0.15, 0.2) is 62.6 Å². The Labute approximate surface area is 149 Å². The second kappa shape index (κ2) is 6.43. The molecule has 0 radical (unpaired) electrons. The fourth-order valence-electron chi connectivity index (χ4n) is 2.11. The van der Waals surface area contributed by atoms with Gasteiger partial charge in [-0.15, -0.1) is 21.5 Å². The normalized spacial score (nSPS) is 11.2. The quantitative estimate of drug-likeness (QED) is 0.426. The van der Waals surface area contributed by atoms with Crippen molar-refractivity contribution in [2.75, 3.05) is 0 Å². The molecule has 0 amide bonds. The molecule has 114 valence electrons. The Morgan fingerprint density at radius 2 is 2.00 bits per heavy atom. The molecular formula is C16H10BrN3OS2. The van der Waals surface area contributed by atoms with Crippen molar-refractivity contribution in [3.8, 4) is 11.5 Å². The van der Waals surface area contributed by atoms with E-state index >= 15 is 0 Å². The van der Waals surface area contributed by atoms with E-state index in [0.29, 0.717) is 11.1 Å². The van der Waals surface area contributed by atoms with Gasteiger partial charge in [0.05, 0.1) is 16.0 Å². The Morgan fingerprint density at radius 3 is 2.87 bits per heavy atom. The minimum absolute atomic E-state index is 0.526. The van der Waals surface area contributed by atoms with Crippen molar-refractivity contribution < 1.29 is 4.42 Å². The number of fused-ring (bicyclic) bond motifs is 1. The predicted molar refractivity (Wildman–Crippen MR) is 96.6 cm³/mol. The number of thiazole rings is 1. The van der Waals surface area contributed by atoms with Crippen LogP contribution < -0.4 is 0 Å². The Hall–Kier alpha value is -1.70. The van der Waals surface area contributed by atoms with E-state index in [1.807, 2.05) is 42.5 Å². The number of aromatic nitrogens is 3. The lowest BCUT2D eigenvalue weighted by atomic mass is 10.2. The van der Waals surface area contributed by atoms with Gasteiger partial charge in [0, 0.05) is 10.0 Å². The zero-order chi connectivity index (χ0) is 15.6. The van der Waals surface area contributed by atoms with E-state index in [1.54, 1.807) is 11.3 Å². The molecule has 2 aromatic carbocycles. The van der Waals surface area contributed by atoms with E-state index in [9.17, 15) is 0 Å². The van der Waals surface area contributed by atoms with E-state index in [1.165, 1.54) is 16.5 Å². The van der Waals surface area contributed by atoms with Gasteiger partial charge < -0.3 is 4.42 Å². The Balaban J connectivity index is 1.49. The van der Waals surface area contributed by atoms with Gasteiger partial charge in [0.15, 0.2) is 0 Å². The molecule has 0 bridgehead atoms. The van der Waals surface area contributed by atoms with Crippen LogP contribution in [0, 0.1) is 0 Å². The summed E-state index contributed by atoms with van der Waals surface area (Å²) in [5, 5.41) is 9.82. The maximum atomic E-state index is 5.72. The summed E-state index contributed by atoms with van der Waals surface area (Å²) in [5.41, 5.74) is 1.94. The van der Waals surface area contributed by atoms with Crippen molar-refractivity contribution in [2.45, 2.75) is 11.0 Å². The number of nitrogens with zero attached hydrogens (tertiary/aromatic N) is 3. The average Bonchev–Trinajstić information content (AvgIpc) is 3.19. The molecule has 0 aliphatic carbocycles. The van der Waals surface area contributed by atoms with Crippen LogP contribution in [-0.4, -0.2) is 15.2 Å². The maximum absolute atomic E-state index is 5.72. The van der Waals surface area contributed by atoms with Crippen molar-refractivity contribution in [3.05, 3.63) is 58.0 Å². The van der Waals surface area contributed by atoms with Gasteiger partial charge in [0.25, 0.3) is 5.22 Å².